The van der Waals surface area contributed by atoms with Crippen LogP contribution >= 0.6 is 23.1 Å². The van der Waals surface area contributed by atoms with E-state index in [0.29, 0.717) is 25.4 Å². The molecule has 3 N–H and O–H groups in total. The zero-order valence-electron chi connectivity index (χ0n) is 11.5. The van der Waals surface area contributed by atoms with Crippen molar-refractivity contribution < 1.29 is 4.79 Å². The van der Waals surface area contributed by atoms with Crippen LogP contribution in [-0.2, 0) is 11.3 Å². The maximum absolute atomic E-state index is 11.9. The van der Waals surface area contributed by atoms with E-state index in [0.717, 1.165) is 9.75 Å². The summed E-state index contributed by atoms with van der Waals surface area (Å²) in [6, 6.07) is 4.00. The van der Waals surface area contributed by atoms with Crippen molar-refractivity contribution in [2.75, 3.05) is 18.1 Å². The van der Waals surface area contributed by atoms with Crippen molar-refractivity contribution in [3.8, 4) is 11.8 Å². The summed E-state index contributed by atoms with van der Waals surface area (Å²) in [4.78, 5) is 14.0. The van der Waals surface area contributed by atoms with E-state index in [1.807, 2.05) is 23.9 Å². The molecule has 3 nitrogen and oxygen atoms in total. The van der Waals surface area contributed by atoms with E-state index < -0.39 is 0 Å². The van der Waals surface area contributed by atoms with Gasteiger partial charge in [0.25, 0.3) is 0 Å². The lowest BCUT2D eigenvalue weighted by Gasteiger charge is -2.20. The first kappa shape index (κ1) is 15.4. The summed E-state index contributed by atoms with van der Waals surface area (Å²) >= 11 is 3.61. The van der Waals surface area contributed by atoms with Crippen molar-refractivity contribution in [2.24, 2.45) is 11.7 Å². The summed E-state index contributed by atoms with van der Waals surface area (Å²) < 4.78 is 0. The molecule has 5 heteroatoms. The second kappa shape index (κ2) is 8.35. The van der Waals surface area contributed by atoms with Crippen molar-refractivity contribution in [3.05, 3.63) is 21.9 Å². The number of nitrogens with two attached hydrogens (primary N) is 1. The molecule has 0 spiro atoms. The van der Waals surface area contributed by atoms with Crippen molar-refractivity contribution in [1.82, 2.24) is 5.32 Å². The number of thioether (sulfide) groups is 1. The molecule has 1 aromatic rings. The lowest BCUT2D eigenvalue weighted by molar-refractivity contribution is -0.122. The fourth-order valence-corrected chi connectivity index (χ4v) is 4.18. The van der Waals surface area contributed by atoms with Gasteiger partial charge in [-0.15, -0.1) is 11.3 Å². The third-order valence-corrected chi connectivity index (χ3v) is 5.30. The highest BCUT2D eigenvalue weighted by molar-refractivity contribution is 7.99. The maximum Gasteiger partial charge on any atom is 0.220 e. The highest BCUT2D eigenvalue weighted by Gasteiger charge is 2.17. The molecule has 1 saturated heterocycles. The average Bonchev–Trinajstić information content (AvgIpc) is 2.92. The molecule has 0 atom stereocenters. The van der Waals surface area contributed by atoms with Crippen molar-refractivity contribution in [1.29, 1.82) is 0 Å². The fourth-order valence-electron chi connectivity index (χ4n) is 2.15. The number of hydrogen-bond acceptors (Lipinski definition) is 4. The topological polar surface area (TPSA) is 55.1 Å². The van der Waals surface area contributed by atoms with Crippen LogP contribution in [0.3, 0.4) is 0 Å². The summed E-state index contributed by atoms with van der Waals surface area (Å²) in [6.45, 7) is 0.985. The van der Waals surface area contributed by atoms with Crippen LogP contribution in [0, 0.1) is 17.8 Å². The Bertz CT molecular complexity index is 495. The van der Waals surface area contributed by atoms with Gasteiger partial charge in [0, 0.05) is 11.3 Å². The first-order chi connectivity index (χ1) is 9.78. The minimum Gasteiger partial charge on any atom is -0.351 e. The van der Waals surface area contributed by atoms with Gasteiger partial charge in [-0.05, 0) is 42.4 Å². The summed E-state index contributed by atoms with van der Waals surface area (Å²) in [7, 11) is 0. The molecular formula is C15H20N2OS2. The van der Waals surface area contributed by atoms with E-state index in [-0.39, 0.29) is 5.91 Å². The monoisotopic (exact) mass is 308 g/mol. The number of carbonyl (C=O) groups excluding carboxylic acids is 1. The van der Waals surface area contributed by atoms with Gasteiger partial charge in [-0.25, -0.2) is 0 Å². The maximum atomic E-state index is 11.9. The van der Waals surface area contributed by atoms with Gasteiger partial charge in [-0.1, -0.05) is 11.8 Å². The molecular weight excluding hydrogens is 288 g/mol. The van der Waals surface area contributed by atoms with Gasteiger partial charge >= 0.3 is 0 Å². The summed E-state index contributed by atoms with van der Waals surface area (Å²) in [5, 5.41) is 3.01. The second-order valence-corrected chi connectivity index (χ2v) is 7.20. The molecule has 20 heavy (non-hydrogen) atoms. The zero-order valence-corrected chi connectivity index (χ0v) is 13.1. The molecule has 0 aromatic carbocycles. The van der Waals surface area contributed by atoms with E-state index >= 15 is 0 Å². The van der Waals surface area contributed by atoms with Gasteiger partial charge in [-0.2, -0.15) is 11.8 Å². The third kappa shape index (κ3) is 5.20. The number of carbonyl (C=O) groups is 1. The van der Waals surface area contributed by atoms with Crippen LogP contribution in [0.1, 0.15) is 29.0 Å². The van der Waals surface area contributed by atoms with Crippen LogP contribution in [-0.4, -0.2) is 24.0 Å². The minimum atomic E-state index is 0.171. The fraction of sp³-hybridized carbons (Fsp3) is 0.533. The van der Waals surface area contributed by atoms with Crippen LogP contribution in [0.5, 0.6) is 0 Å². The molecule has 1 fully saturated rings. The molecule has 2 rings (SSSR count). The van der Waals surface area contributed by atoms with Gasteiger partial charge in [0.05, 0.1) is 18.0 Å². The summed E-state index contributed by atoms with van der Waals surface area (Å²) in [6.07, 6.45) is 3.03. The highest BCUT2D eigenvalue weighted by Crippen LogP contribution is 2.25. The number of hydrogen-bond donors (Lipinski definition) is 2. The Hall–Kier alpha value is -0.960. The van der Waals surface area contributed by atoms with Crippen LogP contribution in [0.4, 0.5) is 0 Å². The molecule has 0 saturated carbocycles. The largest absolute Gasteiger partial charge is 0.351 e. The second-order valence-electron chi connectivity index (χ2n) is 4.81. The molecule has 0 bridgehead atoms. The molecule has 1 aliphatic rings. The average molecular weight is 308 g/mol. The van der Waals surface area contributed by atoms with Gasteiger partial charge in [-0.3, -0.25) is 4.79 Å². The van der Waals surface area contributed by atoms with E-state index in [9.17, 15) is 4.79 Å². The number of amides is 1. The Morgan fingerprint density at radius 1 is 1.40 bits per heavy atom. The van der Waals surface area contributed by atoms with E-state index in [1.165, 1.54) is 24.3 Å². The minimum absolute atomic E-state index is 0.171. The van der Waals surface area contributed by atoms with Crippen LogP contribution in [0.15, 0.2) is 12.1 Å². The van der Waals surface area contributed by atoms with Gasteiger partial charge in [0.15, 0.2) is 0 Å². The Balaban J connectivity index is 1.73. The molecule has 108 valence electrons. The van der Waals surface area contributed by atoms with Crippen molar-refractivity contribution in [3.63, 3.8) is 0 Å². The smallest absolute Gasteiger partial charge is 0.220 e. The predicted octanol–water partition coefficient (Wildman–Crippen LogP) is 2.21. The van der Waals surface area contributed by atoms with E-state index in [1.54, 1.807) is 11.3 Å². The Morgan fingerprint density at radius 3 is 2.95 bits per heavy atom. The summed E-state index contributed by atoms with van der Waals surface area (Å²) in [5.41, 5.74) is 5.34. The van der Waals surface area contributed by atoms with Crippen molar-refractivity contribution >= 4 is 29.0 Å². The number of nitrogens with one attached hydrogen (secondary N) is 1. The summed E-state index contributed by atoms with van der Waals surface area (Å²) in [5.74, 6) is 8.99. The van der Waals surface area contributed by atoms with Gasteiger partial charge in [0.2, 0.25) is 5.91 Å². The Labute approximate surface area is 128 Å². The van der Waals surface area contributed by atoms with Gasteiger partial charge < -0.3 is 11.1 Å². The molecule has 2 heterocycles. The molecule has 0 radical (unpaired) electrons. The molecule has 0 unspecified atom stereocenters. The lowest BCUT2D eigenvalue weighted by atomic mass is 9.98. The Kier molecular flexibility index (Phi) is 6.44. The van der Waals surface area contributed by atoms with Gasteiger partial charge in [0.1, 0.15) is 0 Å². The first-order valence-electron chi connectivity index (χ1n) is 6.90. The quantitative estimate of drug-likeness (QED) is 0.839. The molecule has 1 aliphatic heterocycles. The lowest BCUT2D eigenvalue weighted by Crippen LogP contribution is -2.26. The highest BCUT2D eigenvalue weighted by atomic mass is 32.2. The zero-order chi connectivity index (χ0) is 14.2. The van der Waals surface area contributed by atoms with Crippen LogP contribution < -0.4 is 11.1 Å². The molecule has 1 amide bonds. The standard InChI is InChI=1S/C15H20N2OS2/c16-7-1-2-13-3-4-14(20-13)11-17-15(18)10-12-5-8-19-9-6-12/h3-4,12H,5-11,16H2,(H,17,18). The SMILES string of the molecule is NCC#Cc1ccc(CNC(=O)CC2CCSCC2)s1. The molecule has 0 aliphatic carbocycles. The van der Waals surface area contributed by atoms with Crippen molar-refractivity contribution in [2.45, 2.75) is 25.8 Å². The third-order valence-electron chi connectivity index (χ3n) is 3.25. The Morgan fingerprint density at radius 2 is 2.20 bits per heavy atom. The molecule has 1 aromatic heterocycles. The van der Waals surface area contributed by atoms with Crippen LogP contribution in [0.25, 0.3) is 0 Å². The number of rotatable bonds is 4. The van der Waals surface area contributed by atoms with E-state index in [2.05, 4.69) is 17.2 Å². The predicted molar refractivity (Wildman–Crippen MR) is 86.8 cm³/mol. The first-order valence-corrected chi connectivity index (χ1v) is 8.87. The van der Waals surface area contributed by atoms with Crippen LogP contribution in [0.2, 0.25) is 0 Å². The normalized spacial score (nSPS) is 15.4. The van der Waals surface area contributed by atoms with E-state index in [4.69, 9.17) is 5.73 Å². The number of thiophene rings is 1.